The van der Waals surface area contributed by atoms with Gasteiger partial charge < -0.3 is 4.74 Å². The Morgan fingerprint density at radius 1 is 1.29 bits per heavy atom. The lowest BCUT2D eigenvalue weighted by Gasteiger charge is -2.32. The molecule has 0 amide bonds. The van der Waals surface area contributed by atoms with E-state index in [0.717, 1.165) is 0 Å². The molecule has 1 aromatic carbocycles. The lowest BCUT2D eigenvalue weighted by Crippen LogP contribution is -2.37. The quantitative estimate of drug-likeness (QED) is 0.683. The number of benzene rings is 1. The molecule has 0 aliphatic carbocycles. The van der Waals surface area contributed by atoms with Gasteiger partial charge in [0, 0.05) is 0 Å². The van der Waals surface area contributed by atoms with E-state index < -0.39 is 24.1 Å². The summed E-state index contributed by atoms with van der Waals surface area (Å²) in [5, 5.41) is 5.91. The van der Waals surface area contributed by atoms with Crippen molar-refractivity contribution >= 4 is 24.1 Å². The summed E-state index contributed by atoms with van der Waals surface area (Å²) < 4.78 is 22.1. The highest BCUT2D eigenvalue weighted by atomic mass is 32.2. The summed E-state index contributed by atoms with van der Waals surface area (Å²) in [4.78, 5) is 12.0. The molecule has 0 spiro atoms. The Hall–Kier alpha value is -1.18. The molecule has 0 aromatic heterocycles. The SMILES string of the molecule is COC(=O)c1ccccc1S(N)(=O)=N[Si](C)(C)C(C)(C)C. The maximum absolute atomic E-state index is 12.9. The van der Waals surface area contributed by atoms with Gasteiger partial charge in [-0.1, -0.05) is 32.9 Å². The molecule has 0 saturated carbocycles. The summed E-state index contributed by atoms with van der Waals surface area (Å²) in [7, 11) is -4.09. The lowest BCUT2D eigenvalue weighted by molar-refractivity contribution is 0.0596. The first-order valence-electron chi connectivity index (χ1n) is 6.66. The van der Waals surface area contributed by atoms with Crippen molar-refractivity contribution in [3.63, 3.8) is 0 Å². The largest absolute Gasteiger partial charge is 0.465 e. The van der Waals surface area contributed by atoms with Crippen LogP contribution in [0.2, 0.25) is 18.1 Å². The van der Waals surface area contributed by atoms with Crippen LogP contribution < -0.4 is 5.14 Å². The van der Waals surface area contributed by atoms with Crippen LogP contribution in [0.3, 0.4) is 0 Å². The van der Waals surface area contributed by atoms with Crippen LogP contribution in [0.5, 0.6) is 0 Å². The molecule has 21 heavy (non-hydrogen) atoms. The second-order valence-electron chi connectivity index (χ2n) is 6.46. The average Bonchev–Trinajstić information content (AvgIpc) is 2.35. The van der Waals surface area contributed by atoms with Crippen LogP contribution in [0.1, 0.15) is 31.1 Å². The minimum atomic E-state index is -3.15. The van der Waals surface area contributed by atoms with Crippen molar-refractivity contribution < 1.29 is 13.7 Å². The zero-order valence-electron chi connectivity index (χ0n) is 13.5. The molecule has 1 unspecified atom stereocenters. The number of hydrogen-bond donors (Lipinski definition) is 1. The molecule has 0 aliphatic heterocycles. The molecule has 7 heteroatoms. The summed E-state index contributed by atoms with van der Waals surface area (Å²) in [5.74, 6) is -0.561. The molecule has 1 aromatic rings. The van der Waals surface area contributed by atoms with Crippen molar-refractivity contribution in [3.8, 4) is 0 Å². The number of ether oxygens (including phenoxy) is 1. The normalized spacial score (nSPS) is 15.2. The van der Waals surface area contributed by atoms with Gasteiger partial charge in [-0.15, -0.1) is 0 Å². The zero-order valence-corrected chi connectivity index (χ0v) is 15.3. The lowest BCUT2D eigenvalue weighted by atomic mass is 10.2. The van der Waals surface area contributed by atoms with Crippen LogP contribution in [-0.2, 0) is 14.7 Å². The number of methoxy groups -OCH3 is 1. The van der Waals surface area contributed by atoms with Crippen molar-refractivity contribution in [2.75, 3.05) is 7.11 Å². The first-order chi connectivity index (χ1) is 9.42. The predicted molar refractivity (Wildman–Crippen MR) is 88.0 cm³/mol. The van der Waals surface area contributed by atoms with Crippen molar-refractivity contribution in [1.29, 1.82) is 0 Å². The predicted octanol–water partition coefficient (Wildman–Crippen LogP) is 3.18. The minimum absolute atomic E-state index is 0.0881. The molecule has 0 aliphatic rings. The molecule has 0 fully saturated rings. The molecule has 5 nitrogen and oxygen atoms in total. The van der Waals surface area contributed by atoms with Crippen LogP contribution >= 0.6 is 0 Å². The minimum Gasteiger partial charge on any atom is -0.465 e. The van der Waals surface area contributed by atoms with Gasteiger partial charge in [0.25, 0.3) is 0 Å². The Kier molecular flexibility index (Phi) is 5.02. The van der Waals surface area contributed by atoms with Gasteiger partial charge in [0.2, 0.25) is 0 Å². The van der Waals surface area contributed by atoms with Crippen LogP contribution in [0, 0.1) is 0 Å². The third kappa shape index (κ3) is 3.93. The first kappa shape index (κ1) is 17.9. The fraction of sp³-hybridized carbons (Fsp3) is 0.500. The Labute approximate surface area is 128 Å². The number of carbonyl (C=O) groups is 1. The number of nitrogens with zero attached hydrogens (tertiary/aromatic N) is 1. The standard InChI is InChI=1S/C14H24N2O3SSi/c1-14(2,3)21(5,6)16-20(15,18)12-10-8-7-9-11(12)13(17)19-4/h7-10H,1-6H3,(H2,15,16,18). The molecule has 0 bridgehead atoms. The van der Waals surface area contributed by atoms with Gasteiger partial charge >= 0.3 is 5.97 Å². The number of hydrogen-bond acceptors (Lipinski definition) is 4. The second kappa shape index (κ2) is 5.90. The van der Waals surface area contributed by atoms with Gasteiger partial charge in [0.1, 0.15) is 9.92 Å². The van der Waals surface area contributed by atoms with E-state index in [1.165, 1.54) is 7.11 Å². The van der Waals surface area contributed by atoms with Gasteiger partial charge in [-0.2, -0.15) is 0 Å². The fourth-order valence-corrected chi connectivity index (χ4v) is 6.47. The first-order valence-corrected chi connectivity index (χ1v) is 11.2. The van der Waals surface area contributed by atoms with E-state index in [1.54, 1.807) is 24.3 Å². The molecular weight excluding hydrogens is 304 g/mol. The highest BCUT2D eigenvalue weighted by molar-refractivity contribution is 7.92. The second-order valence-corrected chi connectivity index (χ2v) is 13.4. The summed E-state index contributed by atoms with van der Waals surface area (Å²) in [6.07, 6.45) is 0. The molecule has 1 rings (SSSR count). The third-order valence-corrected chi connectivity index (χ3v) is 11.4. The van der Waals surface area contributed by atoms with Gasteiger partial charge in [-0.05, 0) is 30.3 Å². The zero-order chi connectivity index (χ0) is 16.5. The van der Waals surface area contributed by atoms with Crippen LogP contribution in [-0.4, -0.2) is 25.5 Å². The monoisotopic (exact) mass is 328 g/mol. The topological polar surface area (TPSA) is 81.8 Å². The molecule has 1 atom stereocenters. The maximum Gasteiger partial charge on any atom is 0.339 e. The molecule has 118 valence electrons. The Bertz CT molecular complexity index is 656. The molecular formula is C14H24N2O3SSi. The number of nitrogens with two attached hydrogens (primary N) is 1. The number of esters is 1. The third-order valence-electron chi connectivity index (χ3n) is 3.81. The molecule has 0 heterocycles. The van der Waals surface area contributed by atoms with Gasteiger partial charge in [0.05, 0.1) is 17.6 Å². The van der Waals surface area contributed by atoms with Crippen LogP contribution in [0.4, 0.5) is 0 Å². The fourth-order valence-electron chi connectivity index (χ4n) is 1.53. The van der Waals surface area contributed by atoms with Crippen LogP contribution in [0.25, 0.3) is 0 Å². The van der Waals surface area contributed by atoms with E-state index in [1.807, 2.05) is 13.1 Å². The van der Waals surface area contributed by atoms with Crippen molar-refractivity contribution in [2.24, 2.45) is 9.17 Å². The van der Waals surface area contributed by atoms with E-state index in [0.29, 0.717) is 0 Å². The summed E-state index contributed by atoms with van der Waals surface area (Å²) in [6, 6.07) is 6.49. The Morgan fingerprint density at radius 3 is 2.29 bits per heavy atom. The van der Waals surface area contributed by atoms with Gasteiger partial charge in [-0.25, -0.2) is 14.1 Å². The Balaban J connectivity index is 3.53. The van der Waals surface area contributed by atoms with E-state index in [2.05, 4.69) is 24.8 Å². The summed E-state index contributed by atoms with van der Waals surface area (Å²) in [6.45, 7) is 10.2. The van der Waals surface area contributed by atoms with E-state index in [4.69, 9.17) is 9.88 Å². The smallest absolute Gasteiger partial charge is 0.339 e. The van der Waals surface area contributed by atoms with E-state index in [9.17, 15) is 9.00 Å². The van der Waals surface area contributed by atoms with Gasteiger partial charge in [-0.3, -0.25) is 4.03 Å². The van der Waals surface area contributed by atoms with Crippen molar-refractivity contribution in [1.82, 2.24) is 0 Å². The van der Waals surface area contributed by atoms with E-state index >= 15 is 0 Å². The highest BCUT2D eigenvalue weighted by Crippen LogP contribution is 2.38. The van der Waals surface area contributed by atoms with Gasteiger partial charge in [0.15, 0.2) is 8.24 Å². The summed E-state index contributed by atoms with van der Waals surface area (Å²) >= 11 is 0. The summed E-state index contributed by atoms with van der Waals surface area (Å²) in [5.41, 5.74) is 0.204. The molecule has 0 saturated heterocycles. The highest BCUT2D eigenvalue weighted by Gasteiger charge is 2.37. The van der Waals surface area contributed by atoms with Crippen molar-refractivity contribution in [2.45, 2.75) is 43.8 Å². The Morgan fingerprint density at radius 2 is 1.81 bits per heavy atom. The van der Waals surface area contributed by atoms with Crippen LogP contribution in [0.15, 0.2) is 33.2 Å². The molecule has 2 N–H and O–H groups in total. The number of carbonyl (C=O) groups excluding carboxylic acids is 1. The van der Waals surface area contributed by atoms with E-state index in [-0.39, 0.29) is 15.5 Å². The molecule has 0 radical (unpaired) electrons. The average molecular weight is 329 g/mol. The van der Waals surface area contributed by atoms with Crippen molar-refractivity contribution in [3.05, 3.63) is 29.8 Å². The number of rotatable bonds is 3. The maximum atomic E-state index is 12.9.